The van der Waals surface area contributed by atoms with E-state index in [1.54, 1.807) is 45.5 Å². The third-order valence-corrected chi connectivity index (χ3v) is 19.0. The maximum absolute atomic E-state index is 12.9. The van der Waals surface area contributed by atoms with E-state index in [1.165, 1.54) is 0 Å². The number of amides is 1. The molecule has 0 saturated heterocycles. The Bertz CT molecular complexity index is 597. The van der Waals surface area contributed by atoms with Crippen LogP contribution >= 0.6 is 55.7 Å². The van der Waals surface area contributed by atoms with E-state index in [4.69, 9.17) is 42.6 Å². The van der Waals surface area contributed by atoms with Gasteiger partial charge in [0.2, 0.25) is 5.91 Å². The number of carbonyl (C=O) groups is 1. The van der Waals surface area contributed by atoms with Gasteiger partial charge in [0, 0.05) is 50.8 Å². The normalized spacial score (nSPS) is 13.5. The van der Waals surface area contributed by atoms with E-state index in [2.05, 4.69) is 19.2 Å². The predicted octanol–water partition coefficient (Wildman–Crippen LogP) is 7.78. The summed E-state index contributed by atoms with van der Waals surface area (Å²) in [5.41, 5.74) is 0. The highest BCUT2D eigenvalue weighted by Gasteiger charge is 2.26. The lowest BCUT2D eigenvalue weighted by atomic mass is 9.98. The van der Waals surface area contributed by atoms with Crippen LogP contribution in [0.2, 0.25) is 0 Å². The largest absolute Gasteiger partial charge is 0.353 e. The highest BCUT2D eigenvalue weighted by Crippen LogP contribution is 2.52. The molecule has 0 heterocycles. The zero-order valence-corrected chi connectivity index (χ0v) is 29.2. The minimum absolute atomic E-state index is 0.0362. The Labute approximate surface area is 247 Å². The first kappa shape index (κ1) is 37.8. The number of hydrogen-bond donors (Lipinski definition) is 1. The average molecular weight is 658 g/mol. The molecule has 0 saturated carbocycles. The molecular weight excluding hydrogens is 613 g/mol. The van der Waals surface area contributed by atoms with Crippen LogP contribution < -0.4 is 5.32 Å². The Morgan fingerprint density at radius 2 is 1.22 bits per heavy atom. The van der Waals surface area contributed by atoms with Crippen molar-refractivity contribution in [1.82, 2.24) is 5.32 Å². The lowest BCUT2D eigenvalue weighted by Crippen LogP contribution is -2.32. The second-order valence-corrected chi connectivity index (χ2v) is 25.0. The molecule has 0 bridgehead atoms. The van der Waals surface area contributed by atoms with E-state index in [1.807, 2.05) is 27.7 Å². The molecule has 0 fully saturated rings. The monoisotopic (exact) mass is 657 g/mol. The van der Waals surface area contributed by atoms with Crippen molar-refractivity contribution in [3.05, 3.63) is 0 Å². The number of nitrogens with one attached hydrogen (secondary N) is 1. The van der Waals surface area contributed by atoms with Gasteiger partial charge in [-0.3, -0.25) is 4.79 Å². The van der Waals surface area contributed by atoms with Crippen LogP contribution in [0.15, 0.2) is 0 Å². The Kier molecular flexibility index (Phi) is 26.9. The molecule has 0 spiro atoms. The molecule has 3 unspecified atom stereocenters. The van der Waals surface area contributed by atoms with E-state index in [0.29, 0.717) is 38.2 Å². The Morgan fingerprint density at radius 3 is 1.64 bits per heavy atom. The quantitative estimate of drug-likeness (QED) is 0.0774. The summed E-state index contributed by atoms with van der Waals surface area (Å²) in [5.74, 6) is 3.62. The highest BCUT2D eigenvalue weighted by molar-refractivity contribution is 8.94. The molecule has 0 aliphatic heterocycles. The van der Waals surface area contributed by atoms with Gasteiger partial charge in [0.25, 0.3) is 0 Å². The first-order valence-electron chi connectivity index (χ1n) is 12.5. The molecule has 6 nitrogen and oxygen atoms in total. The number of rotatable bonds is 25. The molecule has 1 amide bonds. The first-order valence-corrected chi connectivity index (χ1v) is 23.5. The molecule has 0 radical (unpaired) electrons. The Morgan fingerprint density at radius 1 is 0.778 bits per heavy atom. The molecule has 0 aliphatic rings. The predicted molar refractivity (Wildman–Crippen MR) is 173 cm³/mol. The number of carbonyl (C=O) groups excluding carboxylic acids is 1. The minimum atomic E-state index is -0.685. The van der Waals surface area contributed by atoms with E-state index >= 15 is 0 Å². The standard InChI is InChI=1S/C22H44NO5P2S6/c1-7-25-20(26-8-2)11-13-33-29(31)35-16-19(15-18(5)6)22(24)23-17-36-30(32)34-14-12-21(27-9-3)28-10-4/h18-21H,7-17H2,1-6H3/q+1/p+1. The molecule has 3 atom stereocenters. The molecule has 0 aliphatic carbocycles. The van der Waals surface area contributed by atoms with Crippen LogP contribution in [0, 0.1) is 11.8 Å². The van der Waals surface area contributed by atoms with Gasteiger partial charge in [-0.2, -0.15) is 0 Å². The number of ether oxygens (including phenoxy) is 4. The highest BCUT2D eigenvalue weighted by atomic mass is 33.2. The maximum Gasteiger partial charge on any atom is 0.318 e. The van der Waals surface area contributed by atoms with Gasteiger partial charge in [-0.15, -0.1) is 0 Å². The molecule has 0 aromatic carbocycles. The number of hydrogen-bond acceptors (Lipinski definition) is 11. The molecule has 36 heavy (non-hydrogen) atoms. The second-order valence-electron chi connectivity index (χ2n) is 7.81. The van der Waals surface area contributed by atoms with Gasteiger partial charge in [-0.25, -0.2) is 0 Å². The fourth-order valence-corrected chi connectivity index (χ4v) is 14.4. The van der Waals surface area contributed by atoms with Crippen molar-refractivity contribution < 1.29 is 23.7 Å². The van der Waals surface area contributed by atoms with Crippen LogP contribution in [-0.4, -0.2) is 68.1 Å². The van der Waals surface area contributed by atoms with E-state index in [9.17, 15) is 4.79 Å². The van der Waals surface area contributed by atoms with Crippen LogP contribution in [0.3, 0.4) is 0 Å². The van der Waals surface area contributed by atoms with Gasteiger partial charge >= 0.3 is 10.2 Å². The maximum atomic E-state index is 12.9. The molecule has 0 aromatic heterocycles. The van der Waals surface area contributed by atoms with Gasteiger partial charge in [0.15, 0.2) is 36.2 Å². The van der Waals surface area contributed by atoms with Crippen LogP contribution in [0.5, 0.6) is 0 Å². The molecule has 0 rings (SSSR count). The van der Waals surface area contributed by atoms with Gasteiger partial charge in [-0.05, 0) is 40.0 Å². The summed E-state index contributed by atoms with van der Waals surface area (Å²) in [6.45, 7) is 14.8. The van der Waals surface area contributed by atoms with Crippen molar-refractivity contribution >= 4 is 85.2 Å². The third-order valence-electron chi connectivity index (χ3n) is 4.43. The molecule has 14 heteroatoms. The summed E-state index contributed by atoms with van der Waals surface area (Å²) in [5, 5.41) is 1.74. The van der Waals surface area contributed by atoms with Crippen molar-refractivity contribution in [2.75, 3.05) is 49.6 Å². The van der Waals surface area contributed by atoms with Crippen molar-refractivity contribution in [3.8, 4) is 0 Å². The van der Waals surface area contributed by atoms with Gasteiger partial charge in [-0.1, -0.05) is 13.8 Å². The first-order chi connectivity index (χ1) is 17.3. The Balaban J connectivity index is 4.35. The van der Waals surface area contributed by atoms with Crippen molar-refractivity contribution in [2.45, 2.75) is 73.4 Å². The fourth-order valence-electron chi connectivity index (χ4n) is 2.97. The molecule has 1 N–H and O–H groups in total. The zero-order chi connectivity index (χ0) is 27.2. The Hall–Kier alpha value is 1.75. The lowest BCUT2D eigenvalue weighted by Gasteiger charge is -2.16. The third kappa shape index (κ3) is 21.6. The topological polar surface area (TPSA) is 66.0 Å². The van der Waals surface area contributed by atoms with Crippen molar-refractivity contribution in [2.24, 2.45) is 11.8 Å². The van der Waals surface area contributed by atoms with Gasteiger partial charge in [0.1, 0.15) is 51.4 Å². The molecule has 0 aromatic rings. The fraction of sp³-hybridized carbons (Fsp3) is 0.955. The van der Waals surface area contributed by atoms with E-state index in [-0.39, 0.29) is 24.4 Å². The van der Waals surface area contributed by atoms with Gasteiger partial charge < -0.3 is 24.3 Å². The SMILES string of the molecule is CCOC(CCS[P+](=S)SCNC(=O)C(CS[P+](=S)SCCC(OCC)OCC)CC(C)C)OCC. The molecular formula is C22H45NO5P2S6+2. The summed E-state index contributed by atoms with van der Waals surface area (Å²) in [6, 6.07) is 0. The minimum Gasteiger partial charge on any atom is -0.353 e. The average Bonchev–Trinajstić information content (AvgIpc) is 2.82. The smallest absolute Gasteiger partial charge is 0.318 e. The van der Waals surface area contributed by atoms with Crippen molar-refractivity contribution in [1.29, 1.82) is 0 Å². The summed E-state index contributed by atoms with van der Waals surface area (Å²) < 4.78 is 22.4. The summed E-state index contributed by atoms with van der Waals surface area (Å²) in [6.07, 6.45) is 2.19. The van der Waals surface area contributed by atoms with Crippen LogP contribution in [0.1, 0.15) is 60.8 Å². The van der Waals surface area contributed by atoms with Crippen LogP contribution in [-0.2, 0) is 47.4 Å². The lowest BCUT2D eigenvalue weighted by molar-refractivity contribution is -0.136. The second kappa shape index (κ2) is 25.7. The van der Waals surface area contributed by atoms with Crippen LogP contribution in [0.25, 0.3) is 0 Å². The summed E-state index contributed by atoms with van der Waals surface area (Å²) in [4.78, 5) is 12.9. The zero-order valence-electron chi connectivity index (χ0n) is 22.5. The summed E-state index contributed by atoms with van der Waals surface area (Å²) >= 11 is 18.2. The van der Waals surface area contributed by atoms with Gasteiger partial charge in [0.05, 0.1) is 11.7 Å². The molecule has 212 valence electrons. The van der Waals surface area contributed by atoms with Crippen molar-refractivity contribution in [3.63, 3.8) is 0 Å². The summed E-state index contributed by atoms with van der Waals surface area (Å²) in [7, 11) is 0. The van der Waals surface area contributed by atoms with Crippen LogP contribution in [0.4, 0.5) is 0 Å². The van der Waals surface area contributed by atoms with E-state index < -0.39 is 10.2 Å². The van der Waals surface area contributed by atoms with E-state index in [0.717, 1.165) is 36.5 Å².